The normalized spacial score (nSPS) is 10.4. The Balaban J connectivity index is 2.19. The van der Waals surface area contributed by atoms with Gasteiger partial charge in [0.1, 0.15) is 5.69 Å². The van der Waals surface area contributed by atoms with Crippen molar-refractivity contribution in [2.24, 2.45) is 0 Å². The van der Waals surface area contributed by atoms with Gasteiger partial charge in [-0.1, -0.05) is 11.6 Å². The number of methoxy groups -OCH3 is 1. The van der Waals surface area contributed by atoms with Crippen LogP contribution in [0.1, 0.15) is 42.5 Å². The van der Waals surface area contributed by atoms with Crippen LogP contribution >= 0.6 is 11.6 Å². The first kappa shape index (κ1) is 18.7. The number of ether oxygens (including phenoxy) is 1. The van der Waals surface area contributed by atoms with E-state index in [1.165, 1.54) is 12.0 Å². The molecule has 25 heavy (non-hydrogen) atoms. The summed E-state index contributed by atoms with van der Waals surface area (Å²) in [6.45, 7) is 3.26. The zero-order valence-electron chi connectivity index (χ0n) is 14.5. The predicted molar refractivity (Wildman–Crippen MR) is 94.3 cm³/mol. The maximum Gasteiger partial charge on any atom is 0.354 e. The number of H-pyrrole nitrogens is 1. The van der Waals surface area contributed by atoms with Crippen LogP contribution in [0.25, 0.3) is 0 Å². The average molecular weight is 363 g/mol. The minimum atomic E-state index is -0.537. The number of nitrogens with zero attached hydrogens (tertiary/aromatic N) is 1. The quantitative estimate of drug-likeness (QED) is 0.655. The molecule has 1 heterocycles. The van der Waals surface area contributed by atoms with Crippen molar-refractivity contribution in [3.63, 3.8) is 0 Å². The molecule has 7 heteroatoms. The van der Waals surface area contributed by atoms with Gasteiger partial charge in [0.25, 0.3) is 5.91 Å². The molecule has 0 saturated carbocycles. The third-order valence-corrected chi connectivity index (χ3v) is 4.18. The second-order valence-corrected chi connectivity index (χ2v) is 6.14. The molecule has 0 radical (unpaired) electrons. The van der Waals surface area contributed by atoms with Crippen molar-refractivity contribution >= 4 is 29.3 Å². The number of hydrogen-bond acceptors (Lipinski definition) is 4. The van der Waals surface area contributed by atoms with Gasteiger partial charge in [0.15, 0.2) is 5.78 Å². The highest BCUT2D eigenvalue weighted by atomic mass is 35.5. The van der Waals surface area contributed by atoms with Gasteiger partial charge in [-0.15, -0.1) is 0 Å². The second-order valence-electron chi connectivity index (χ2n) is 5.71. The number of nitrogens with one attached hydrogen (secondary N) is 1. The molecule has 0 bridgehead atoms. The highest BCUT2D eigenvalue weighted by Crippen LogP contribution is 2.20. The van der Waals surface area contributed by atoms with Crippen LogP contribution in [0.3, 0.4) is 0 Å². The molecule has 2 rings (SSSR count). The average Bonchev–Trinajstić information content (AvgIpc) is 2.88. The molecule has 1 N–H and O–H groups in total. The van der Waals surface area contributed by atoms with E-state index in [0.29, 0.717) is 27.4 Å². The predicted octanol–water partition coefficient (Wildman–Crippen LogP) is 3.03. The number of Topliss-reactive ketones (excluding diaryl/α,β-unsaturated/α-hetero) is 1. The van der Waals surface area contributed by atoms with Crippen LogP contribution in [0.2, 0.25) is 5.02 Å². The summed E-state index contributed by atoms with van der Waals surface area (Å²) in [5, 5.41) is 0.532. The van der Waals surface area contributed by atoms with Gasteiger partial charge in [-0.25, -0.2) is 4.79 Å². The topological polar surface area (TPSA) is 79.5 Å². The minimum absolute atomic E-state index is 0.110. The fraction of sp³-hybridized carbons (Fsp3) is 0.278. The molecule has 132 valence electrons. The first-order valence-electron chi connectivity index (χ1n) is 7.58. The fourth-order valence-corrected chi connectivity index (χ4v) is 2.78. The molecule has 0 fully saturated rings. The Kier molecular flexibility index (Phi) is 5.64. The van der Waals surface area contributed by atoms with Crippen LogP contribution in [0, 0.1) is 13.8 Å². The van der Waals surface area contributed by atoms with Crippen molar-refractivity contribution in [3.05, 3.63) is 57.4 Å². The van der Waals surface area contributed by atoms with E-state index in [0.717, 1.165) is 0 Å². The Bertz CT molecular complexity index is 824. The summed E-state index contributed by atoms with van der Waals surface area (Å²) in [6, 6.07) is 6.45. The van der Waals surface area contributed by atoms with Gasteiger partial charge in [0, 0.05) is 28.9 Å². The molecular formula is C18H19ClN2O4. The van der Waals surface area contributed by atoms with Gasteiger partial charge in [-0.3, -0.25) is 9.59 Å². The summed E-state index contributed by atoms with van der Waals surface area (Å²) < 4.78 is 4.70. The first-order valence-corrected chi connectivity index (χ1v) is 7.95. The lowest BCUT2D eigenvalue weighted by Gasteiger charge is -2.16. The molecule has 1 aromatic heterocycles. The Morgan fingerprint density at radius 1 is 1.16 bits per heavy atom. The Morgan fingerprint density at radius 3 is 2.32 bits per heavy atom. The summed E-state index contributed by atoms with van der Waals surface area (Å²) in [5.41, 5.74) is 2.17. The largest absolute Gasteiger partial charge is 0.464 e. The molecule has 0 aliphatic carbocycles. The number of aromatic nitrogens is 1. The Labute approximate surface area is 150 Å². The summed E-state index contributed by atoms with van der Waals surface area (Å²) in [6.07, 6.45) is 0. The summed E-state index contributed by atoms with van der Waals surface area (Å²) in [4.78, 5) is 41.0. The van der Waals surface area contributed by atoms with Gasteiger partial charge in [-0.05, 0) is 43.7 Å². The van der Waals surface area contributed by atoms with E-state index in [1.54, 1.807) is 45.2 Å². The third-order valence-electron chi connectivity index (χ3n) is 3.92. The minimum Gasteiger partial charge on any atom is -0.464 e. The Morgan fingerprint density at radius 2 is 1.76 bits per heavy atom. The number of halogens is 1. The molecule has 0 aliphatic rings. The Hall–Kier alpha value is -2.60. The molecule has 1 amide bonds. The van der Waals surface area contributed by atoms with E-state index >= 15 is 0 Å². The highest BCUT2D eigenvalue weighted by Gasteiger charge is 2.24. The summed E-state index contributed by atoms with van der Waals surface area (Å²) >= 11 is 5.81. The number of amides is 1. The maximum atomic E-state index is 12.6. The number of likely N-dealkylation sites (N-methyl/N-ethyl adjacent to an activating group) is 1. The standard InChI is InChI=1S/C18H19ClN2O4/c1-10-15(11(2)20-16(10)18(24)25-4)14(22)9-21(3)17(23)12-5-7-13(19)8-6-12/h5-8,20H,9H2,1-4H3. The molecule has 1 aromatic carbocycles. The van der Waals surface area contributed by atoms with Crippen molar-refractivity contribution in [1.82, 2.24) is 9.88 Å². The molecule has 6 nitrogen and oxygen atoms in total. The van der Waals surface area contributed by atoms with Gasteiger partial charge < -0.3 is 14.6 Å². The molecule has 0 unspecified atom stereocenters. The van der Waals surface area contributed by atoms with E-state index in [1.807, 2.05) is 0 Å². The number of esters is 1. The molecule has 0 atom stereocenters. The lowest BCUT2D eigenvalue weighted by molar-refractivity contribution is 0.0593. The van der Waals surface area contributed by atoms with Crippen molar-refractivity contribution in [2.45, 2.75) is 13.8 Å². The number of aryl methyl sites for hydroxylation is 1. The maximum absolute atomic E-state index is 12.6. The van der Waals surface area contributed by atoms with Crippen LogP contribution < -0.4 is 0 Å². The van der Waals surface area contributed by atoms with Crippen LogP contribution in [-0.4, -0.2) is 48.2 Å². The molecular weight excluding hydrogens is 344 g/mol. The lowest BCUT2D eigenvalue weighted by atomic mass is 10.0. The molecule has 2 aromatic rings. The summed E-state index contributed by atoms with van der Waals surface area (Å²) in [5.74, 6) is -1.08. The molecule has 0 aliphatic heterocycles. The molecule has 0 spiro atoms. The van der Waals surface area contributed by atoms with Crippen molar-refractivity contribution in [2.75, 3.05) is 20.7 Å². The van der Waals surface area contributed by atoms with Crippen molar-refractivity contribution in [3.8, 4) is 0 Å². The lowest BCUT2D eigenvalue weighted by Crippen LogP contribution is -2.32. The van der Waals surface area contributed by atoms with Gasteiger partial charge in [0.2, 0.25) is 0 Å². The van der Waals surface area contributed by atoms with Crippen LogP contribution in [0.5, 0.6) is 0 Å². The van der Waals surface area contributed by atoms with Crippen molar-refractivity contribution < 1.29 is 19.1 Å². The first-order chi connectivity index (χ1) is 11.8. The number of hydrogen-bond donors (Lipinski definition) is 1. The van der Waals surface area contributed by atoms with E-state index in [-0.39, 0.29) is 23.9 Å². The van der Waals surface area contributed by atoms with E-state index < -0.39 is 5.97 Å². The zero-order valence-corrected chi connectivity index (χ0v) is 15.2. The van der Waals surface area contributed by atoms with E-state index in [9.17, 15) is 14.4 Å². The number of benzene rings is 1. The number of carbonyl (C=O) groups is 3. The van der Waals surface area contributed by atoms with Gasteiger partial charge >= 0.3 is 5.97 Å². The van der Waals surface area contributed by atoms with Gasteiger partial charge in [-0.2, -0.15) is 0 Å². The van der Waals surface area contributed by atoms with E-state index in [2.05, 4.69) is 4.98 Å². The smallest absolute Gasteiger partial charge is 0.354 e. The van der Waals surface area contributed by atoms with Crippen LogP contribution in [0.4, 0.5) is 0 Å². The highest BCUT2D eigenvalue weighted by molar-refractivity contribution is 6.30. The van der Waals surface area contributed by atoms with Crippen molar-refractivity contribution in [1.29, 1.82) is 0 Å². The van der Waals surface area contributed by atoms with Gasteiger partial charge in [0.05, 0.1) is 13.7 Å². The number of rotatable bonds is 5. The second kappa shape index (κ2) is 7.53. The third kappa shape index (κ3) is 3.91. The van der Waals surface area contributed by atoms with Crippen LogP contribution in [-0.2, 0) is 4.74 Å². The number of aromatic amines is 1. The number of ketones is 1. The summed E-state index contributed by atoms with van der Waals surface area (Å²) in [7, 11) is 2.82. The monoisotopic (exact) mass is 362 g/mol. The molecule has 0 saturated heterocycles. The fourth-order valence-electron chi connectivity index (χ4n) is 2.65. The SMILES string of the molecule is COC(=O)c1[nH]c(C)c(C(=O)CN(C)C(=O)c2ccc(Cl)cc2)c1C. The zero-order chi connectivity index (χ0) is 18.7. The number of carbonyl (C=O) groups excluding carboxylic acids is 3. The van der Waals surface area contributed by atoms with E-state index in [4.69, 9.17) is 16.3 Å². The van der Waals surface area contributed by atoms with Crippen LogP contribution in [0.15, 0.2) is 24.3 Å².